The number of carboxylic acid groups (broad SMARTS) is 1. The summed E-state index contributed by atoms with van der Waals surface area (Å²) in [6.07, 6.45) is 7.21. The van der Waals surface area contributed by atoms with E-state index in [9.17, 15) is 14.7 Å². The van der Waals surface area contributed by atoms with Crippen LogP contribution in [0.25, 0.3) is 0 Å². The SMILES string of the molecule is O=C(O)C1CCCC1C(=O)N1CCC(N2CCCCC2)C1. The van der Waals surface area contributed by atoms with E-state index >= 15 is 0 Å². The second kappa shape index (κ2) is 6.34. The lowest BCUT2D eigenvalue weighted by molar-refractivity contribution is -0.148. The predicted octanol–water partition coefficient (Wildman–Crippen LogP) is 1.57. The van der Waals surface area contributed by atoms with Crippen LogP contribution in [0.15, 0.2) is 0 Å². The predicted molar refractivity (Wildman–Crippen MR) is 78.9 cm³/mol. The highest BCUT2D eigenvalue weighted by atomic mass is 16.4. The van der Waals surface area contributed by atoms with E-state index in [1.165, 1.54) is 19.3 Å². The van der Waals surface area contributed by atoms with Crippen molar-refractivity contribution in [1.82, 2.24) is 9.80 Å². The number of likely N-dealkylation sites (tertiary alicyclic amines) is 2. The van der Waals surface area contributed by atoms with Crippen LogP contribution in [-0.4, -0.2) is 59.0 Å². The molecule has 0 radical (unpaired) electrons. The molecule has 0 bridgehead atoms. The fourth-order valence-corrected chi connectivity index (χ4v) is 4.31. The summed E-state index contributed by atoms with van der Waals surface area (Å²) >= 11 is 0. The zero-order chi connectivity index (χ0) is 14.8. The van der Waals surface area contributed by atoms with Gasteiger partial charge in [-0.15, -0.1) is 0 Å². The number of nitrogens with zero attached hydrogens (tertiary/aromatic N) is 2. The normalized spacial score (nSPS) is 34.3. The third-order valence-electron chi connectivity index (χ3n) is 5.53. The summed E-state index contributed by atoms with van der Waals surface area (Å²) < 4.78 is 0. The van der Waals surface area contributed by atoms with E-state index in [0.717, 1.165) is 45.4 Å². The van der Waals surface area contributed by atoms with Crippen LogP contribution < -0.4 is 0 Å². The molecule has 1 aliphatic carbocycles. The van der Waals surface area contributed by atoms with Gasteiger partial charge in [0.25, 0.3) is 0 Å². The van der Waals surface area contributed by atoms with Crippen LogP contribution in [0.2, 0.25) is 0 Å². The van der Waals surface area contributed by atoms with Gasteiger partial charge in [-0.1, -0.05) is 12.8 Å². The summed E-state index contributed by atoms with van der Waals surface area (Å²) in [7, 11) is 0. The van der Waals surface area contributed by atoms with Crippen LogP contribution in [0.4, 0.5) is 0 Å². The van der Waals surface area contributed by atoms with Crippen molar-refractivity contribution in [2.24, 2.45) is 11.8 Å². The Hall–Kier alpha value is -1.10. The van der Waals surface area contributed by atoms with Crippen molar-refractivity contribution in [3.05, 3.63) is 0 Å². The first-order chi connectivity index (χ1) is 10.2. The molecule has 2 aliphatic heterocycles. The van der Waals surface area contributed by atoms with Gasteiger partial charge in [0.1, 0.15) is 0 Å². The number of amides is 1. The molecule has 118 valence electrons. The molecule has 2 heterocycles. The minimum atomic E-state index is -0.794. The Morgan fingerprint density at radius 1 is 0.857 bits per heavy atom. The van der Waals surface area contributed by atoms with Gasteiger partial charge in [0.15, 0.2) is 0 Å². The topological polar surface area (TPSA) is 60.9 Å². The van der Waals surface area contributed by atoms with Gasteiger partial charge in [-0.3, -0.25) is 14.5 Å². The van der Waals surface area contributed by atoms with E-state index in [4.69, 9.17) is 0 Å². The summed E-state index contributed by atoms with van der Waals surface area (Å²) in [5.41, 5.74) is 0. The smallest absolute Gasteiger partial charge is 0.307 e. The van der Waals surface area contributed by atoms with E-state index in [-0.39, 0.29) is 11.8 Å². The molecule has 0 aromatic rings. The van der Waals surface area contributed by atoms with Crippen LogP contribution in [-0.2, 0) is 9.59 Å². The maximum absolute atomic E-state index is 12.6. The molecule has 2 saturated heterocycles. The molecule has 0 spiro atoms. The number of hydrogen-bond acceptors (Lipinski definition) is 3. The second-order valence-corrected chi connectivity index (χ2v) is 6.81. The molecule has 0 aromatic carbocycles. The third kappa shape index (κ3) is 3.07. The molecule has 1 N–H and O–H groups in total. The van der Waals surface area contributed by atoms with Gasteiger partial charge in [-0.2, -0.15) is 0 Å². The minimum absolute atomic E-state index is 0.0967. The van der Waals surface area contributed by atoms with E-state index in [1.807, 2.05) is 4.90 Å². The average Bonchev–Trinajstić information content (AvgIpc) is 3.17. The van der Waals surface area contributed by atoms with Gasteiger partial charge in [-0.25, -0.2) is 0 Å². The molecule has 1 saturated carbocycles. The van der Waals surface area contributed by atoms with Crippen molar-refractivity contribution >= 4 is 11.9 Å². The Labute approximate surface area is 126 Å². The third-order valence-corrected chi connectivity index (χ3v) is 5.53. The summed E-state index contributed by atoms with van der Waals surface area (Å²) in [6.45, 7) is 3.94. The maximum Gasteiger partial charge on any atom is 0.307 e. The number of aliphatic carboxylic acids is 1. The highest BCUT2D eigenvalue weighted by molar-refractivity contribution is 5.85. The first kappa shape index (κ1) is 14.8. The van der Waals surface area contributed by atoms with E-state index in [0.29, 0.717) is 12.5 Å². The number of hydrogen-bond donors (Lipinski definition) is 1. The Morgan fingerprint density at radius 2 is 1.57 bits per heavy atom. The fraction of sp³-hybridized carbons (Fsp3) is 0.875. The molecule has 5 nitrogen and oxygen atoms in total. The van der Waals surface area contributed by atoms with Crippen molar-refractivity contribution in [3.63, 3.8) is 0 Å². The number of rotatable bonds is 3. The number of carbonyl (C=O) groups is 2. The molecule has 0 aromatic heterocycles. The highest BCUT2D eigenvalue weighted by Gasteiger charge is 2.41. The molecule has 21 heavy (non-hydrogen) atoms. The summed E-state index contributed by atoms with van der Waals surface area (Å²) in [5.74, 6) is -1.42. The van der Waals surface area contributed by atoms with Gasteiger partial charge in [0, 0.05) is 19.1 Å². The Kier molecular flexibility index (Phi) is 4.48. The van der Waals surface area contributed by atoms with Gasteiger partial charge < -0.3 is 10.0 Å². The molecule has 3 unspecified atom stereocenters. The molecule has 1 amide bonds. The zero-order valence-electron chi connectivity index (χ0n) is 12.7. The first-order valence-corrected chi connectivity index (χ1v) is 8.42. The van der Waals surface area contributed by atoms with Crippen molar-refractivity contribution in [3.8, 4) is 0 Å². The quantitative estimate of drug-likeness (QED) is 0.858. The van der Waals surface area contributed by atoms with Gasteiger partial charge in [0.05, 0.1) is 11.8 Å². The van der Waals surface area contributed by atoms with Gasteiger partial charge in [0.2, 0.25) is 5.91 Å². The van der Waals surface area contributed by atoms with Crippen LogP contribution in [0.3, 0.4) is 0 Å². The van der Waals surface area contributed by atoms with Gasteiger partial charge in [-0.05, 0) is 45.2 Å². The molecule has 3 atom stereocenters. The Morgan fingerprint density at radius 3 is 2.29 bits per heavy atom. The lowest BCUT2D eigenvalue weighted by Gasteiger charge is -2.32. The second-order valence-electron chi connectivity index (χ2n) is 6.81. The largest absolute Gasteiger partial charge is 0.481 e. The lowest BCUT2D eigenvalue weighted by atomic mass is 9.95. The highest BCUT2D eigenvalue weighted by Crippen LogP contribution is 2.34. The zero-order valence-corrected chi connectivity index (χ0v) is 12.7. The van der Waals surface area contributed by atoms with E-state index in [2.05, 4.69) is 4.90 Å². The van der Waals surface area contributed by atoms with Crippen LogP contribution in [0.1, 0.15) is 44.9 Å². The van der Waals surface area contributed by atoms with Crippen LogP contribution >= 0.6 is 0 Å². The van der Waals surface area contributed by atoms with E-state index < -0.39 is 11.9 Å². The van der Waals surface area contributed by atoms with Crippen molar-refractivity contribution < 1.29 is 14.7 Å². The molecular weight excluding hydrogens is 268 g/mol. The maximum atomic E-state index is 12.6. The average molecular weight is 294 g/mol. The standard InChI is InChI=1S/C16H26N2O3/c19-15(13-5-4-6-14(13)16(20)21)18-10-7-12(11-18)17-8-2-1-3-9-17/h12-14H,1-11H2,(H,20,21). The van der Waals surface area contributed by atoms with Crippen LogP contribution in [0.5, 0.6) is 0 Å². The molecule has 3 aliphatic rings. The summed E-state index contributed by atoms with van der Waals surface area (Å²) in [5, 5.41) is 9.25. The number of piperidine rings is 1. The Bertz CT molecular complexity index is 406. The molecular formula is C16H26N2O3. The molecule has 3 fully saturated rings. The Balaban J connectivity index is 1.57. The number of carbonyl (C=O) groups excluding carboxylic acids is 1. The van der Waals surface area contributed by atoms with E-state index in [1.54, 1.807) is 0 Å². The monoisotopic (exact) mass is 294 g/mol. The van der Waals surface area contributed by atoms with Crippen molar-refractivity contribution in [1.29, 1.82) is 0 Å². The fourth-order valence-electron chi connectivity index (χ4n) is 4.31. The summed E-state index contributed by atoms with van der Waals surface area (Å²) in [4.78, 5) is 28.4. The number of carboxylic acids is 1. The summed E-state index contributed by atoms with van der Waals surface area (Å²) in [6, 6.07) is 0.499. The molecule has 3 rings (SSSR count). The van der Waals surface area contributed by atoms with Crippen molar-refractivity contribution in [2.45, 2.75) is 51.0 Å². The van der Waals surface area contributed by atoms with Crippen LogP contribution in [0, 0.1) is 11.8 Å². The minimum Gasteiger partial charge on any atom is -0.481 e. The van der Waals surface area contributed by atoms with Gasteiger partial charge >= 0.3 is 5.97 Å². The first-order valence-electron chi connectivity index (χ1n) is 8.42. The molecule has 5 heteroatoms. The van der Waals surface area contributed by atoms with Crippen molar-refractivity contribution in [2.75, 3.05) is 26.2 Å². The lowest BCUT2D eigenvalue weighted by Crippen LogP contribution is -2.43.